The maximum atomic E-state index is 11.3. The number of pyridine rings is 1. The number of fused-ring (bicyclic) bond motifs is 1. The normalized spacial score (nSPS) is 10.9. The van der Waals surface area contributed by atoms with Gasteiger partial charge in [-0.1, -0.05) is 29.3 Å². The highest BCUT2D eigenvalue weighted by Gasteiger charge is 2.17. The fourth-order valence-corrected chi connectivity index (χ4v) is 2.41. The van der Waals surface area contributed by atoms with E-state index >= 15 is 0 Å². The smallest absolute Gasteiger partial charge is 0.352 e. The molecule has 0 fully saturated rings. The van der Waals surface area contributed by atoms with Gasteiger partial charge < -0.3 is 5.11 Å². The van der Waals surface area contributed by atoms with Gasteiger partial charge in [0.2, 0.25) is 0 Å². The number of hydrogen-bond acceptors (Lipinski definition) is 2. The number of halogens is 2. The second kappa shape index (κ2) is 4.81. The molecule has 0 aliphatic rings. The molecule has 0 amide bonds. The zero-order chi connectivity index (χ0) is 14.3. The molecule has 20 heavy (non-hydrogen) atoms. The SMILES string of the molecule is O=C(O)c1cccc2c(Cl)nc(-c3ccc(Cl)cc3)n12. The zero-order valence-electron chi connectivity index (χ0n) is 10.0. The molecule has 0 saturated heterocycles. The lowest BCUT2D eigenvalue weighted by Crippen LogP contribution is -2.05. The number of carbonyl (C=O) groups is 1. The van der Waals surface area contributed by atoms with Crippen molar-refractivity contribution >= 4 is 34.7 Å². The first-order chi connectivity index (χ1) is 9.58. The number of carboxylic acids is 1. The number of aromatic nitrogens is 2. The topological polar surface area (TPSA) is 54.6 Å². The average molecular weight is 307 g/mol. The van der Waals surface area contributed by atoms with Gasteiger partial charge in [0.1, 0.15) is 11.5 Å². The van der Waals surface area contributed by atoms with E-state index in [4.69, 9.17) is 23.2 Å². The minimum absolute atomic E-state index is 0.104. The number of rotatable bonds is 2. The molecule has 6 heteroatoms. The molecule has 0 unspecified atom stereocenters. The van der Waals surface area contributed by atoms with Crippen molar-refractivity contribution < 1.29 is 9.90 Å². The Bertz CT molecular complexity index is 810. The number of nitrogens with zero attached hydrogens (tertiary/aromatic N) is 2. The molecule has 1 N–H and O–H groups in total. The van der Waals surface area contributed by atoms with Crippen LogP contribution in [0.2, 0.25) is 10.2 Å². The van der Waals surface area contributed by atoms with Crippen LogP contribution in [0.5, 0.6) is 0 Å². The Hall–Kier alpha value is -2.04. The summed E-state index contributed by atoms with van der Waals surface area (Å²) in [5.41, 5.74) is 1.40. The summed E-state index contributed by atoms with van der Waals surface area (Å²) in [6.45, 7) is 0. The summed E-state index contributed by atoms with van der Waals surface area (Å²) in [6, 6.07) is 11.8. The van der Waals surface area contributed by atoms with E-state index in [1.807, 2.05) is 0 Å². The van der Waals surface area contributed by atoms with Gasteiger partial charge in [-0.15, -0.1) is 0 Å². The molecule has 0 spiro atoms. The van der Waals surface area contributed by atoms with E-state index in [1.54, 1.807) is 36.4 Å². The second-order valence-corrected chi connectivity index (χ2v) is 4.96. The predicted molar refractivity (Wildman–Crippen MR) is 77.6 cm³/mol. The third-order valence-electron chi connectivity index (χ3n) is 2.94. The van der Waals surface area contributed by atoms with Crippen LogP contribution in [0.1, 0.15) is 10.5 Å². The van der Waals surface area contributed by atoms with Crippen molar-refractivity contribution in [3.63, 3.8) is 0 Å². The van der Waals surface area contributed by atoms with Gasteiger partial charge in [-0.05, 0) is 36.4 Å². The molecule has 0 saturated carbocycles. The van der Waals surface area contributed by atoms with Crippen LogP contribution in [0, 0.1) is 0 Å². The summed E-state index contributed by atoms with van der Waals surface area (Å²) in [7, 11) is 0. The Balaban J connectivity index is 2.36. The molecule has 100 valence electrons. The van der Waals surface area contributed by atoms with Gasteiger partial charge in [0.05, 0.1) is 5.52 Å². The molecule has 3 rings (SSSR count). The first kappa shape index (κ1) is 13.0. The van der Waals surface area contributed by atoms with Crippen LogP contribution in [-0.4, -0.2) is 20.5 Å². The van der Waals surface area contributed by atoms with Crippen LogP contribution in [0.15, 0.2) is 42.5 Å². The number of aromatic carboxylic acids is 1. The summed E-state index contributed by atoms with van der Waals surface area (Å²) in [4.78, 5) is 15.6. The number of benzene rings is 1. The lowest BCUT2D eigenvalue weighted by molar-refractivity contribution is 0.0689. The van der Waals surface area contributed by atoms with Gasteiger partial charge in [-0.2, -0.15) is 0 Å². The predicted octanol–water partition coefficient (Wildman–Crippen LogP) is 4.01. The maximum absolute atomic E-state index is 11.3. The largest absolute Gasteiger partial charge is 0.477 e. The van der Waals surface area contributed by atoms with E-state index in [-0.39, 0.29) is 10.8 Å². The van der Waals surface area contributed by atoms with Gasteiger partial charge in [-0.3, -0.25) is 4.40 Å². The molecule has 0 atom stereocenters. The van der Waals surface area contributed by atoms with Crippen LogP contribution in [-0.2, 0) is 0 Å². The van der Waals surface area contributed by atoms with E-state index in [0.29, 0.717) is 16.4 Å². The Kier molecular flexibility index (Phi) is 3.12. The van der Waals surface area contributed by atoms with E-state index in [2.05, 4.69) is 4.98 Å². The summed E-state index contributed by atoms with van der Waals surface area (Å²) in [6.07, 6.45) is 0. The fraction of sp³-hybridized carbons (Fsp3) is 0. The standard InChI is InChI=1S/C14H8Cl2N2O2/c15-9-6-4-8(5-7-9)13-17-12(16)10-2-1-3-11(14(19)20)18(10)13/h1-7H,(H,19,20). The van der Waals surface area contributed by atoms with Gasteiger partial charge in [-0.25, -0.2) is 9.78 Å². The van der Waals surface area contributed by atoms with Crippen molar-refractivity contribution in [2.45, 2.75) is 0 Å². The average Bonchev–Trinajstić information content (AvgIpc) is 2.77. The first-order valence-electron chi connectivity index (χ1n) is 5.74. The number of imidazole rings is 1. The summed E-state index contributed by atoms with van der Waals surface area (Å²) in [5.74, 6) is -0.570. The highest BCUT2D eigenvalue weighted by Crippen LogP contribution is 2.28. The van der Waals surface area contributed by atoms with Crippen LogP contribution in [0.3, 0.4) is 0 Å². The van der Waals surface area contributed by atoms with Gasteiger partial charge in [0, 0.05) is 10.6 Å². The number of carboxylic acid groups (broad SMARTS) is 1. The van der Waals surface area contributed by atoms with Crippen molar-refractivity contribution in [2.24, 2.45) is 0 Å². The second-order valence-electron chi connectivity index (χ2n) is 4.17. The van der Waals surface area contributed by atoms with E-state index in [9.17, 15) is 9.90 Å². The Morgan fingerprint density at radius 3 is 2.45 bits per heavy atom. The lowest BCUT2D eigenvalue weighted by Gasteiger charge is -2.05. The minimum atomic E-state index is -1.04. The van der Waals surface area contributed by atoms with Crippen molar-refractivity contribution in [2.75, 3.05) is 0 Å². The van der Waals surface area contributed by atoms with Crippen LogP contribution in [0.4, 0.5) is 0 Å². The van der Waals surface area contributed by atoms with Crippen molar-refractivity contribution in [1.82, 2.24) is 9.38 Å². The Morgan fingerprint density at radius 1 is 1.10 bits per heavy atom. The van der Waals surface area contributed by atoms with Crippen molar-refractivity contribution in [3.05, 3.63) is 58.3 Å². The molecule has 0 bridgehead atoms. The molecule has 2 heterocycles. The molecular weight excluding hydrogens is 299 g/mol. The molecule has 0 radical (unpaired) electrons. The van der Waals surface area contributed by atoms with Crippen LogP contribution >= 0.6 is 23.2 Å². The Labute approximate surface area is 124 Å². The third kappa shape index (κ3) is 2.03. The van der Waals surface area contributed by atoms with Gasteiger partial charge >= 0.3 is 5.97 Å². The first-order valence-corrected chi connectivity index (χ1v) is 6.50. The van der Waals surface area contributed by atoms with Gasteiger partial charge in [0.25, 0.3) is 0 Å². The van der Waals surface area contributed by atoms with Crippen LogP contribution < -0.4 is 0 Å². The Morgan fingerprint density at radius 2 is 1.80 bits per heavy atom. The monoisotopic (exact) mass is 306 g/mol. The molecule has 4 nitrogen and oxygen atoms in total. The van der Waals surface area contributed by atoms with E-state index < -0.39 is 5.97 Å². The summed E-state index contributed by atoms with van der Waals surface area (Å²) in [5, 5.41) is 10.2. The van der Waals surface area contributed by atoms with Crippen molar-refractivity contribution in [1.29, 1.82) is 0 Å². The van der Waals surface area contributed by atoms with E-state index in [1.165, 1.54) is 10.5 Å². The quantitative estimate of drug-likeness (QED) is 0.778. The highest BCUT2D eigenvalue weighted by atomic mass is 35.5. The number of hydrogen-bond donors (Lipinski definition) is 1. The van der Waals surface area contributed by atoms with Crippen molar-refractivity contribution in [3.8, 4) is 11.4 Å². The summed E-state index contributed by atoms with van der Waals surface area (Å²) < 4.78 is 1.52. The maximum Gasteiger partial charge on any atom is 0.352 e. The molecule has 0 aliphatic carbocycles. The molecule has 3 aromatic rings. The lowest BCUT2D eigenvalue weighted by atomic mass is 10.2. The third-order valence-corrected chi connectivity index (χ3v) is 3.47. The minimum Gasteiger partial charge on any atom is -0.477 e. The molecule has 2 aromatic heterocycles. The van der Waals surface area contributed by atoms with E-state index in [0.717, 1.165) is 5.56 Å². The fourth-order valence-electron chi connectivity index (χ4n) is 2.06. The zero-order valence-corrected chi connectivity index (χ0v) is 11.6. The summed E-state index contributed by atoms with van der Waals surface area (Å²) >= 11 is 11.9. The molecule has 1 aromatic carbocycles. The molecule has 0 aliphatic heterocycles. The molecular formula is C14H8Cl2N2O2. The van der Waals surface area contributed by atoms with Gasteiger partial charge in [0.15, 0.2) is 5.15 Å². The van der Waals surface area contributed by atoms with Crippen LogP contribution in [0.25, 0.3) is 16.9 Å². The highest BCUT2D eigenvalue weighted by molar-refractivity contribution is 6.33.